The van der Waals surface area contributed by atoms with Crippen molar-refractivity contribution in [2.45, 2.75) is 12.8 Å². The lowest BCUT2D eigenvalue weighted by molar-refractivity contribution is -0.144. The van der Waals surface area contributed by atoms with Gasteiger partial charge in [0.1, 0.15) is 6.61 Å². The number of esters is 2. The standard InChI is InChI=1S/C21H20N2O4/c1-26-20(24)10-13-27-21(25)18(8-7-15-4-3-11-22-14-15)16-5-2-6-19-17(16)9-12-23-19/h2-6,8-9,11-12,14,23H,7,10,13H2,1H3. The van der Waals surface area contributed by atoms with Crippen LogP contribution in [0.1, 0.15) is 17.5 Å². The molecule has 0 saturated heterocycles. The second kappa shape index (κ2) is 8.80. The highest BCUT2D eigenvalue weighted by molar-refractivity contribution is 6.20. The largest absolute Gasteiger partial charge is 0.469 e. The van der Waals surface area contributed by atoms with Crippen molar-refractivity contribution in [1.29, 1.82) is 0 Å². The molecule has 0 bridgehead atoms. The number of nitrogens with one attached hydrogen (secondary N) is 1. The first-order chi connectivity index (χ1) is 13.2. The minimum Gasteiger partial charge on any atom is -0.469 e. The molecule has 6 nitrogen and oxygen atoms in total. The van der Waals surface area contributed by atoms with Gasteiger partial charge in [-0.2, -0.15) is 0 Å². The topological polar surface area (TPSA) is 81.3 Å². The van der Waals surface area contributed by atoms with E-state index in [0.717, 1.165) is 22.0 Å². The molecule has 1 N–H and O–H groups in total. The molecule has 0 aliphatic carbocycles. The van der Waals surface area contributed by atoms with Crippen LogP contribution < -0.4 is 0 Å². The summed E-state index contributed by atoms with van der Waals surface area (Å²) < 4.78 is 9.88. The number of hydrogen-bond donors (Lipinski definition) is 1. The fourth-order valence-corrected chi connectivity index (χ4v) is 2.77. The van der Waals surface area contributed by atoms with Crippen molar-refractivity contribution in [3.05, 3.63) is 72.2 Å². The Kier molecular flexibility index (Phi) is 5.99. The van der Waals surface area contributed by atoms with Gasteiger partial charge in [-0.05, 0) is 35.7 Å². The van der Waals surface area contributed by atoms with Gasteiger partial charge in [0.05, 0.1) is 19.1 Å². The van der Waals surface area contributed by atoms with Gasteiger partial charge in [0.2, 0.25) is 0 Å². The van der Waals surface area contributed by atoms with Crippen molar-refractivity contribution in [1.82, 2.24) is 9.97 Å². The number of fused-ring (bicyclic) bond motifs is 1. The van der Waals surface area contributed by atoms with Gasteiger partial charge in [-0.3, -0.25) is 9.78 Å². The Morgan fingerprint density at radius 2 is 2.07 bits per heavy atom. The van der Waals surface area contributed by atoms with E-state index in [1.807, 2.05) is 48.7 Å². The van der Waals surface area contributed by atoms with Crippen molar-refractivity contribution in [3.63, 3.8) is 0 Å². The fraction of sp³-hybridized carbons (Fsp3) is 0.190. The molecule has 0 aliphatic rings. The lowest BCUT2D eigenvalue weighted by Gasteiger charge is -2.10. The van der Waals surface area contributed by atoms with E-state index in [1.54, 1.807) is 12.4 Å². The maximum Gasteiger partial charge on any atom is 0.338 e. The van der Waals surface area contributed by atoms with Crippen LogP contribution in [0.4, 0.5) is 0 Å². The number of H-pyrrole nitrogens is 1. The number of ether oxygens (including phenoxy) is 2. The second-order valence-electron chi connectivity index (χ2n) is 5.89. The highest BCUT2D eigenvalue weighted by atomic mass is 16.5. The number of carbonyl (C=O) groups excluding carboxylic acids is 2. The number of allylic oxidation sites excluding steroid dienone is 1. The zero-order chi connectivity index (χ0) is 19.1. The molecular weight excluding hydrogens is 344 g/mol. The zero-order valence-electron chi connectivity index (χ0n) is 15.0. The molecule has 2 heterocycles. The van der Waals surface area contributed by atoms with Crippen molar-refractivity contribution in [2.75, 3.05) is 13.7 Å². The molecule has 0 radical (unpaired) electrons. The summed E-state index contributed by atoms with van der Waals surface area (Å²) in [6.07, 6.45) is 7.68. The van der Waals surface area contributed by atoms with E-state index in [4.69, 9.17) is 4.74 Å². The van der Waals surface area contributed by atoms with Crippen LogP contribution in [-0.4, -0.2) is 35.6 Å². The zero-order valence-corrected chi connectivity index (χ0v) is 15.0. The number of carbonyl (C=O) groups is 2. The summed E-state index contributed by atoms with van der Waals surface area (Å²) in [5.41, 5.74) is 3.15. The van der Waals surface area contributed by atoms with Crippen LogP contribution in [0.25, 0.3) is 16.5 Å². The van der Waals surface area contributed by atoms with E-state index in [0.29, 0.717) is 12.0 Å². The molecule has 0 aliphatic heterocycles. The quantitative estimate of drug-likeness (QED) is 0.514. The van der Waals surface area contributed by atoms with Crippen LogP contribution in [0.3, 0.4) is 0 Å². The monoisotopic (exact) mass is 364 g/mol. The highest BCUT2D eigenvalue weighted by Gasteiger charge is 2.17. The van der Waals surface area contributed by atoms with Crippen molar-refractivity contribution >= 4 is 28.4 Å². The summed E-state index contributed by atoms with van der Waals surface area (Å²) in [5, 5.41) is 0.930. The normalized spacial score (nSPS) is 11.4. The summed E-state index contributed by atoms with van der Waals surface area (Å²) in [4.78, 5) is 31.2. The Morgan fingerprint density at radius 1 is 1.19 bits per heavy atom. The Balaban J connectivity index is 1.88. The number of aromatic nitrogens is 2. The maximum atomic E-state index is 12.7. The summed E-state index contributed by atoms with van der Waals surface area (Å²) in [7, 11) is 1.30. The molecule has 0 spiro atoms. The van der Waals surface area contributed by atoms with E-state index in [2.05, 4.69) is 14.7 Å². The average Bonchev–Trinajstić information content (AvgIpc) is 3.18. The molecule has 3 aromatic rings. The van der Waals surface area contributed by atoms with Gasteiger partial charge in [0.15, 0.2) is 0 Å². The predicted octanol–water partition coefficient (Wildman–Crippen LogP) is 3.30. The Morgan fingerprint density at radius 3 is 2.85 bits per heavy atom. The average molecular weight is 364 g/mol. The van der Waals surface area contributed by atoms with E-state index in [-0.39, 0.29) is 13.0 Å². The molecule has 3 rings (SSSR count). The molecule has 0 amide bonds. The van der Waals surface area contributed by atoms with Crippen molar-refractivity contribution in [3.8, 4) is 0 Å². The molecule has 0 unspecified atom stereocenters. The minimum absolute atomic E-state index is 0.0203. The van der Waals surface area contributed by atoms with E-state index in [9.17, 15) is 9.59 Å². The summed E-state index contributed by atoms with van der Waals surface area (Å²) in [6, 6.07) is 11.4. The van der Waals surface area contributed by atoms with Crippen molar-refractivity contribution < 1.29 is 19.1 Å². The molecule has 0 atom stereocenters. The molecule has 27 heavy (non-hydrogen) atoms. The van der Waals surface area contributed by atoms with Gasteiger partial charge in [-0.1, -0.05) is 24.3 Å². The fourth-order valence-electron chi connectivity index (χ4n) is 2.77. The minimum atomic E-state index is -0.475. The van der Waals surface area contributed by atoms with Crippen LogP contribution in [0.15, 0.2) is 61.1 Å². The Hall–Kier alpha value is -3.41. The van der Waals surface area contributed by atoms with Crippen LogP contribution >= 0.6 is 0 Å². The lowest BCUT2D eigenvalue weighted by atomic mass is 9.99. The molecule has 0 fully saturated rings. The molecule has 6 heteroatoms. The molecule has 138 valence electrons. The third-order valence-electron chi connectivity index (χ3n) is 4.14. The maximum absolute atomic E-state index is 12.7. The summed E-state index contributed by atoms with van der Waals surface area (Å²) >= 11 is 0. The van der Waals surface area contributed by atoms with Crippen LogP contribution in [0, 0.1) is 0 Å². The molecule has 0 saturated carbocycles. The summed E-state index contributed by atoms with van der Waals surface area (Å²) in [6.45, 7) is -0.0289. The SMILES string of the molecule is COC(=O)CCOC(=O)C(=CCc1cccnc1)c1cccc2[nH]ccc12. The first kappa shape index (κ1) is 18.4. The second-order valence-corrected chi connectivity index (χ2v) is 5.89. The van der Waals surface area contributed by atoms with Gasteiger partial charge in [-0.15, -0.1) is 0 Å². The van der Waals surface area contributed by atoms with Gasteiger partial charge < -0.3 is 14.5 Å². The van der Waals surface area contributed by atoms with Gasteiger partial charge in [0.25, 0.3) is 0 Å². The highest BCUT2D eigenvalue weighted by Crippen LogP contribution is 2.26. The number of methoxy groups -OCH3 is 1. The molecule has 1 aromatic carbocycles. The number of rotatable bonds is 7. The first-order valence-corrected chi connectivity index (χ1v) is 8.58. The first-order valence-electron chi connectivity index (χ1n) is 8.58. The van der Waals surface area contributed by atoms with Gasteiger partial charge in [0, 0.05) is 29.5 Å². The predicted molar refractivity (Wildman–Crippen MR) is 102 cm³/mol. The number of aromatic amines is 1. The van der Waals surface area contributed by atoms with Crippen LogP contribution in [0.2, 0.25) is 0 Å². The van der Waals surface area contributed by atoms with Gasteiger partial charge in [-0.25, -0.2) is 4.79 Å². The number of nitrogens with zero attached hydrogens (tertiary/aromatic N) is 1. The molecule has 2 aromatic heterocycles. The van der Waals surface area contributed by atoms with E-state index >= 15 is 0 Å². The van der Waals surface area contributed by atoms with Crippen molar-refractivity contribution in [2.24, 2.45) is 0 Å². The number of pyridine rings is 1. The van der Waals surface area contributed by atoms with E-state index in [1.165, 1.54) is 7.11 Å². The van der Waals surface area contributed by atoms with E-state index < -0.39 is 11.9 Å². The third-order valence-corrected chi connectivity index (χ3v) is 4.14. The third kappa shape index (κ3) is 4.61. The van der Waals surface area contributed by atoms with Gasteiger partial charge >= 0.3 is 11.9 Å². The van der Waals surface area contributed by atoms with Crippen LogP contribution in [-0.2, 0) is 25.5 Å². The number of hydrogen-bond acceptors (Lipinski definition) is 5. The Labute approximate surface area is 156 Å². The summed E-state index contributed by atoms with van der Waals surface area (Å²) in [5.74, 6) is -0.895. The smallest absolute Gasteiger partial charge is 0.338 e. The number of benzene rings is 1. The van der Waals surface area contributed by atoms with Crippen LogP contribution in [0.5, 0.6) is 0 Å². The lowest BCUT2D eigenvalue weighted by Crippen LogP contribution is -2.12. The Bertz CT molecular complexity index is 960. The molecular formula is C21H20N2O4.